The van der Waals surface area contributed by atoms with Crippen LogP contribution in [0.4, 0.5) is 0 Å². The predicted octanol–water partition coefficient (Wildman–Crippen LogP) is 0.967. The molecule has 0 saturated carbocycles. The molecule has 1 aromatic heterocycles. The van der Waals surface area contributed by atoms with Crippen molar-refractivity contribution in [2.75, 3.05) is 6.54 Å². The molecular formula is C15H17N3O3. The Balaban J connectivity index is 1.82. The van der Waals surface area contributed by atoms with Gasteiger partial charge in [0.1, 0.15) is 5.69 Å². The van der Waals surface area contributed by atoms with Crippen LogP contribution in [-0.2, 0) is 0 Å². The van der Waals surface area contributed by atoms with Crippen LogP contribution in [0.15, 0.2) is 42.6 Å². The zero-order valence-electron chi connectivity index (χ0n) is 11.4. The number of hydrogen-bond acceptors (Lipinski definition) is 3. The molecule has 0 aliphatic rings. The molecule has 21 heavy (non-hydrogen) atoms. The minimum absolute atomic E-state index is 0.185. The van der Waals surface area contributed by atoms with E-state index < -0.39 is 12.0 Å². The van der Waals surface area contributed by atoms with Crippen LogP contribution in [0.1, 0.15) is 38.9 Å². The number of aliphatic hydroxyl groups is 1. The third kappa shape index (κ3) is 3.93. The maximum atomic E-state index is 11.8. The number of benzene rings is 1. The first-order valence-electron chi connectivity index (χ1n) is 6.57. The van der Waals surface area contributed by atoms with Crippen LogP contribution < -0.4 is 11.1 Å². The van der Waals surface area contributed by atoms with E-state index in [0.29, 0.717) is 18.5 Å². The Bertz CT molecular complexity index is 622. The molecule has 1 heterocycles. The molecule has 1 aromatic carbocycles. The van der Waals surface area contributed by atoms with Gasteiger partial charge in [-0.05, 0) is 18.1 Å². The van der Waals surface area contributed by atoms with Crippen molar-refractivity contribution >= 4 is 11.8 Å². The number of amides is 2. The molecule has 0 spiro atoms. The van der Waals surface area contributed by atoms with Gasteiger partial charge in [0.25, 0.3) is 11.8 Å². The lowest BCUT2D eigenvalue weighted by molar-refractivity contribution is 0.0942. The van der Waals surface area contributed by atoms with Gasteiger partial charge in [0.2, 0.25) is 0 Å². The quantitative estimate of drug-likeness (QED) is 0.635. The molecule has 0 fully saturated rings. The first kappa shape index (κ1) is 14.8. The summed E-state index contributed by atoms with van der Waals surface area (Å²) in [4.78, 5) is 25.4. The summed E-state index contributed by atoms with van der Waals surface area (Å²) in [6.07, 6.45) is 1.20. The molecule has 2 rings (SSSR count). The number of nitrogens with one attached hydrogen (secondary N) is 2. The Morgan fingerprint density at radius 3 is 2.62 bits per heavy atom. The van der Waals surface area contributed by atoms with Gasteiger partial charge in [0, 0.05) is 12.7 Å². The molecule has 0 bridgehead atoms. The van der Waals surface area contributed by atoms with Crippen LogP contribution >= 0.6 is 0 Å². The summed E-state index contributed by atoms with van der Waals surface area (Å²) in [6, 6.07) is 10.6. The molecule has 0 aliphatic carbocycles. The van der Waals surface area contributed by atoms with Crippen molar-refractivity contribution in [3.63, 3.8) is 0 Å². The molecule has 1 atom stereocenters. The highest BCUT2D eigenvalue weighted by Gasteiger charge is 2.12. The van der Waals surface area contributed by atoms with Gasteiger partial charge < -0.3 is 21.1 Å². The van der Waals surface area contributed by atoms with Crippen molar-refractivity contribution in [2.24, 2.45) is 5.73 Å². The van der Waals surface area contributed by atoms with Gasteiger partial charge in [0.05, 0.1) is 11.7 Å². The summed E-state index contributed by atoms with van der Waals surface area (Å²) in [7, 11) is 0. The van der Waals surface area contributed by atoms with E-state index in [-0.39, 0.29) is 11.6 Å². The zero-order chi connectivity index (χ0) is 15.2. The summed E-state index contributed by atoms with van der Waals surface area (Å²) < 4.78 is 0. The van der Waals surface area contributed by atoms with Crippen LogP contribution in [0.3, 0.4) is 0 Å². The van der Waals surface area contributed by atoms with E-state index in [9.17, 15) is 14.7 Å². The summed E-state index contributed by atoms with van der Waals surface area (Å²) in [5.74, 6) is -0.937. The molecule has 2 aromatic rings. The van der Waals surface area contributed by atoms with Gasteiger partial charge in [-0.15, -0.1) is 0 Å². The summed E-state index contributed by atoms with van der Waals surface area (Å²) in [6.45, 7) is 0.325. The molecule has 0 saturated heterocycles. The number of carbonyl (C=O) groups is 2. The number of nitrogens with two attached hydrogens (primary N) is 1. The van der Waals surface area contributed by atoms with Gasteiger partial charge in [-0.3, -0.25) is 9.59 Å². The second-order valence-electron chi connectivity index (χ2n) is 4.64. The lowest BCUT2D eigenvalue weighted by Gasteiger charge is -2.11. The smallest absolute Gasteiger partial charge is 0.265 e. The van der Waals surface area contributed by atoms with E-state index in [1.807, 2.05) is 30.3 Å². The van der Waals surface area contributed by atoms with Crippen LogP contribution in [0.25, 0.3) is 0 Å². The highest BCUT2D eigenvalue weighted by molar-refractivity contribution is 5.98. The highest BCUT2D eigenvalue weighted by atomic mass is 16.3. The molecule has 6 nitrogen and oxygen atoms in total. The average Bonchev–Trinajstić information content (AvgIpc) is 2.98. The second kappa shape index (κ2) is 6.71. The van der Waals surface area contributed by atoms with E-state index in [4.69, 9.17) is 5.73 Å². The Labute approximate surface area is 122 Å². The van der Waals surface area contributed by atoms with Gasteiger partial charge in [-0.2, -0.15) is 0 Å². The van der Waals surface area contributed by atoms with Crippen LogP contribution in [0.2, 0.25) is 0 Å². The number of hydrogen-bond donors (Lipinski definition) is 4. The Kier molecular flexibility index (Phi) is 4.73. The molecule has 0 radical (unpaired) electrons. The zero-order valence-corrected chi connectivity index (χ0v) is 11.4. The lowest BCUT2D eigenvalue weighted by atomic mass is 10.1. The molecule has 1 unspecified atom stereocenters. The van der Waals surface area contributed by atoms with Crippen LogP contribution in [0.5, 0.6) is 0 Å². The molecule has 110 valence electrons. The van der Waals surface area contributed by atoms with E-state index in [2.05, 4.69) is 10.3 Å². The SMILES string of the molecule is NC(=O)c1cc(C(=O)NCCC(O)c2ccccc2)c[nH]1. The van der Waals surface area contributed by atoms with E-state index in [0.717, 1.165) is 5.56 Å². The van der Waals surface area contributed by atoms with E-state index in [1.54, 1.807) is 0 Å². The fraction of sp³-hybridized carbons (Fsp3) is 0.200. The maximum Gasteiger partial charge on any atom is 0.265 e. The number of H-pyrrole nitrogens is 1. The molecule has 5 N–H and O–H groups in total. The summed E-state index contributed by atoms with van der Waals surface area (Å²) >= 11 is 0. The number of aliphatic hydroxyl groups excluding tert-OH is 1. The van der Waals surface area contributed by atoms with Crippen molar-refractivity contribution in [2.45, 2.75) is 12.5 Å². The van der Waals surface area contributed by atoms with Crippen molar-refractivity contribution in [1.29, 1.82) is 0 Å². The Morgan fingerprint density at radius 1 is 1.29 bits per heavy atom. The molecular weight excluding hydrogens is 270 g/mol. The highest BCUT2D eigenvalue weighted by Crippen LogP contribution is 2.15. The minimum atomic E-state index is -0.626. The number of rotatable bonds is 6. The molecule has 6 heteroatoms. The number of aromatic amines is 1. The fourth-order valence-corrected chi connectivity index (χ4v) is 1.93. The van der Waals surface area contributed by atoms with Gasteiger partial charge in [-0.1, -0.05) is 30.3 Å². The average molecular weight is 287 g/mol. The second-order valence-corrected chi connectivity index (χ2v) is 4.64. The van der Waals surface area contributed by atoms with Gasteiger partial charge >= 0.3 is 0 Å². The minimum Gasteiger partial charge on any atom is -0.388 e. The summed E-state index contributed by atoms with van der Waals surface area (Å²) in [5.41, 5.74) is 6.42. The Morgan fingerprint density at radius 2 is 2.00 bits per heavy atom. The van der Waals surface area contributed by atoms with Crippen LogP contribution in [0, 0.1) is 0 Å². The molecule has 2 amide bonds. The third-order valence-corrected chi connectivity index (χ3v) is 3.10. The first-order chi connectivity index (χ1) is 10.1. The molecule has 0 aliphatic heterocycles. The van der Waals surface area contributed by atoms with Crippen molar-refractivity contribution < 1.29 is 14.7 Å². The van der Waals surface area contributed by atoms with Gasteiger partial charge in [-0.25, -0.2) is 0 Å². The van der Waals surface area contributed by atoms with Crippen LogP contribution in [-0.4, -0.2) is 28.4 Å². The van der Waals surface area contributed by atoms with Gasteiger partial charge in [0.15, 0.2) is 0 Å². The standard InChI is InChI=1S/C15H17N3O3/c16-14(20)12-8-11(9-18-12)15(21)17-7-6-13(19)10-4-2-1-3-5-10/h1-5,8-9,13,18-19H,6-7H2,(H2,16,20)(H,17,21). The monoisotopic (exact) mass is 287 g/mol. The van der Waals surface area contributed by atoms with Crippen molar-refractivity contribution in [1.82, 2.24) is 10.3 Å². The largest absolute Gasteiger partial charge is 0.388 e. The number of primary amides is 1. The summed E-state index contributed by atoms with van der Waals surface area (Å²) in [5, 5.41) is 12.6. The van der Waals surface area contributed by atoms with E-state index in [1.165, 1.54) is 12.3 Å². The maximum absolute atomic E-state index is 11.8. The number of carbonyl (C=O) groups excluding carboxylic acids is 2. The topological polar surface area (TPSA) is 108 Å². The van der Waals surface area contributed by atoms with Crippen molar-refractivity contribution in [3.8, 4) is 0 Å². The normalized spacial score (nSPS) is 11.9. The third-order valence-electron chi connectivity index (χ3n) is 3.10. The van der Waals surface area contributed by atoms with Crippen molar-refractivity contribution in [3.05, 3.63) is 59.4 Å². The number of aromatic nitrogens is 1. The fourth-order valence-electron chi connectivity index (χ4n) is 1.93. The predicted molar refractivity (Wildman–Crippen MR) is 77.7 cm³/mol. The lowest BCUT2D eigenvalue weighted by Crippen LogP contribution is -2.25. The Hall–Kier alpha value is -2.60. The first-order valence-corrected chi connectivity index (χ1v) is 6.57. The van der Waals surface area contributed by atoms with E-state index >= 15 is 0 Å².